The quantitative estimate of drug-likeness (QED) is 0.404. The zero-order chi connectivity index (χ0) is 18.6. The first-order valence-electron chi connectivity index (χ1n) is 8.89. The van der Waals surface area contributed by atoms with Gasteiger partial charge in [-0.3, -0.25) is 4.79 Å². The number of nitrogens with zero attached hydrogens (tertiary/aromatic N) is 1. The van der Waals surface area contributed by atoms with E-state index in [0.29, 0.717) is 18.8 Å². The van der Waals surface area contributed by atoms with Crippen LogP contribution in [0, 0.1) is 0 Å². The molecule has 3 aromatic rings. The smallest absolute Gasteiger partial charge is 0.347 e. The topological polar surface area (TPSA) is 59.8 Å². The van der Waals surface area contributed by atoms with Crippen molar-refractivity contribution in [2.45, 2.75) is 0 Å². The number of carbonyl (C=O) groups is 1. The van der Waals surface area contributed by atoms with Crippen molar-refractivity contribution in [1.82, 2.24) is 0 Å². The summed E-state index contributed by atoms with van der Waals surface area (Å²) < 4.78 is 10.8. The summed E-state index contributed by atoms with van der Waals surface area (Å²) in [6.45, 7) is 2.97. The lowest BCUT2D eigenvalue weighted by Crippen LogP contribution is -2.36. The van der Waals surface area contributed by atoms with Crippen LogP contribution in [0.4, 0.5) is 5.69 Å². The number of allylic oxidation sites excluding steroid dienone is 1. The molecule has 0 atom stereocenters. The van der Waals surface area contributed by atoms with Gasteiger partial charge in [0.05, 0.1) is 13.2 Å². The number of carbonyl (C=O) groups excluding carboxylic acids is 1. The first kappa shape index (κ1) is 17.2. The number of morpholine rings is 1. The van der Waals surface area contributed by atoms with E-state index in [0.717, 1.165) is 29.7 Å². The second kappa shape index (κ2) is 7.60. The van der Waals surface area contributed by atoms with E-state index in [-0.39, 0.29) is 11.3 Å². The Morgan fingerprint density at radius 3 is 2.56 bits per heavy atom. The predicted molar refractivity (Wildman–Crippen MR) is 105 cm³/mol. The van der Waals surface area contributed by atoms with Crippen molar-refractivity contribution in [1.29, 1.82) is 0 Å². The molecule has 0 aliphatic carbocycles. The van der Waals surface area contributed by atoms with E-state index in [4.69, 9.17) is 9.15 Å². The maximum atomic E-state index is 12.4. The molecule has 5 heteroatoms. The third-order valence-electron chi connectivity index (χ3n) is 4.59. The van der Waals surface area contributed by atoms with Gasteiger partial charge in [0, 0.05) is 30.2 Å². The summed E-state index contributed by atoms with van der Waals surface area (Å²) in [6, 6.07) is 16.8. The fraction of sp³-hybridized carbons (Fsp3) is 0.182. The SMILES string of the molecule is O=C(C=Cc1ccccc1)c1cc2ccc(N3CCOCC3)cc2oc1=O. The van der Waals surface area contributed by atoms with Gasteiger partial charge in [-0.15, -0.1) is 0 Å². The average Bonchev–Trinajstić information content (AvgIpc) is 2.72. The van der Waals surface area contributed by atoms with Crippen molar-refractivity contribution in [3.8, 4) is 0 Å². The fourth-order valence-corrected chi connectivity index (χ4v) is 3.12. The molecule has 0 amide bonds. The highest BCUT2D eigenvalue weighted by atomic mass is 16.5. The van der Waals surface area contributed by atoms with Gasteiger partial charge in [-0.2, -0.15) is 0 Å². The van der Waals surface area contributed by atoms with Crippen LogP contribution in [-0.4, -0.2) is 32.1 Å². The highest BCUT2D eigenvalue weighted by Crippen LogP contribution is 2.23. The number of ether oxygens (including phenoxy) is 1. The molecule has 136 valence electrons. The Kier molecular flexibility index (Phi) is 4.85. The third kappa shape index (κ3) is 3.83. The summed E-state index contributed by atoms with van der Waals surface area (Å²) in [5, 5.41) is 0.725. The Labute approximate surface area is 156 Å². The summed E-state index contributed by atoms with van der Waals surface area (Å²) in [6.07, 6.45) is 3.09. The molecule has 1 saturated heterocycles. The first-order chi connectivity index (χ1) is 13.2. The average molecular weight is 361 g/mol. The van der Waals surface area contributed by atoms with E-state index in [9.17, 15) is 9.59 Å². The highest BCUT2D eigenvalue weighted by molar-refractivity contribution is 6.07. The molecule has 0 bridgehead atoms. The van der Waals surface area contributed by atoms with Crippen LogP contribution in [0.2, 0.25) is 0 Å². The minimum atomic E-state index is -0.621. The third-order valence-corrected chi connectivity index (χ3v) is 4.59. The van der Waals surface area contributed by atoms with Gasteiger partial charge >= 0.3 is 5.63 Å². The van der Waals surface area contributed by atoms with Gasteiger partial charge in [-0.05, 0) is 29.8 Å². The van der Waals surface area contributed by atoms with E-state index >= 15 is 0 Å². The maximum absolute atomic E-state index is 12.4. The molecule has 2 aromatic carbocycles. The molecule has 4 rings (SSSR count). The first-order valence-corrected chi connectivity index (χ1v) is 8.89. The molecule has 2 heterocycles. The fourth-order valence-electron chi connectivity index (χ4n) is 3.12. The molecule has 0 spiro atoms. The van der Waals surface area contributed by atoms with Crippen molar-refractivity contribution >= 4 is 28.5 Å². The summed E-state index contributed by atoms with van der Waals surface area (Å²) in [4.78, 5) is 26.9. The van der Waals surface area contributed by atoms with Gasteiger partial charge in [0.2, 0.25) is 0 Å². The maximum Gasteiger partial charge on any atom is 0.347 e. The van der Waals surface area contributed by atoms with Crippen molar-refractivity contribution in [2.24, 2.45) is 0 Å². The standard InChI is InChI=1S/C22H19NO4/c24-20(9-6-16-4-2-1-3-5-16)19-14-17-7-8-18(15-21(17)27-22(19)25)23-10-12-26-13-11-23/h1-9,14-15H,10-13H2. The molecule has 1 aliphatic heterocycles. The largest absolute Gasteiger partial charge is 0.422 e. The number of hydrogen-bond acceptors (Lipinski definition) is 5. The summed E-state index contributed by atoms with van der Waals surface area (Å²) >= 11 is 0. The molecule has 1 aliphatic rings. The Bertz CT molecular complexity index is 1050. The van der Waals surface area contributed by atoms with Gasteiger partial charge in [0.15, 0.2) is 5.78 Å². The number of fused-ring (bicyclic) bond motifs is 1. The molecule has 1 fully saturated rings. The molecule has 0 saturated carbocycles. The van der Waals surface area contributed by atoms with Crippen LogP contribution in [0.15, 0.2) is 69.9 Å². The van der Waals surface area contributed by atoms with Crippen LogP contribution < -0.4 is 10.5 Å². The second-order valence-corrected chi connectivity index (χ2v) is 6.38. The van der Waals surface area contributed by atoms with Crippen LogP contribution in [-0.2, 0) is 4.74 Å². The van der Waals surface area contributed by atoms with E-state index in [1.165, 1.54) is 6.08 Å². The molecule has 5 nitrogen and oxygen atoms in total. The van der Waals surface area contributed by atoms with Crippen molar-refractivity contribution in [3.63, 3.8) is 0 Å². The second-order valence-electron chi connectivity index (χ2n) is 6.38. The van der Waals surface area contributed by atoms with E-state index in [2.05, 4.69) is 4.90 Å². The normalized spacial score (nSPS) is 14.7. The zero-order valence-corrected chi connectivity index (χ0v) is 14.8. The van der Waals surface area contributed by atoms with Crippen LogP contribution in [0.25, 0.3) is 17.0 Å². The summed E-state index contributed by atoms with van der Waals surface area (Å²) in [7, 11) is 0. The Balaban J connectivity index is 1.62. The van der Waals surface area contributed by atoms with Crippen LogP contribution in [0.3, 0.4) is 0 Å². The number of rotatable bonds is 4. The van der Waals surface area contributed by atoms with Gasteiger partial charge in [-0.25, -0.2) is 4.79 Å². The molecule has 0 unspecified atom stereocenters. The van der Waals surface area contributed by atoms with Crippen LogP contribution >= 0.6 is 0 Å². The van der Waals surface area contributed by atoms with Gasteiger partial charge in [0.1, 0.15) is 11.1 Å². The van der Waals surface area contributed by atoms with E-state index < -0.39 is 5.63 Å². The van der Waals surface area contributed by atoms with Crippen LogP contribution in [0.5, 0.6) is 0 Å². The van der Waals surface area contributed by atoms with Gasteiger partial charge in [0.25, 0.3) is 0 Å². The molecule has 0 radical (unpaired) electrons. The lowest BCUT2D eigenvalue weighted by Gasteiger charge is -2.28. The zero-order valence-electron chi connectivity index (χ0n) is 14.8. The number of ketones is 1. The number of anilines is 1. The molecule has 27 heavy (non-hydrogen) atoms. The Morgan fingerprint density at radius 1 is 1.00 bits per heavy atom. The minimum Gasteiger partial charge on any atom is -0.422 e. The van der Waals surface area contributed by atoms with E-state index in [1.807, 2.05) is 48.5 Å². The molecule has 1 aromatic heterocycles. The predicted octanol–water partition coefficient (Wildman–Crippen LogP) is 3.53. The number of hydrogen-bond donors (Lipinski definition) is 0. The monoisotopic (exact) mass is 361 g/mol. The van der Waals surface area contributed by atoms with Crippen molar-refractivity contribution in [2.75, 3.05) is 31.2 Å². The van der Waals surface area contributed by atoms with Gasteiger partial charge < -0.3 is 14.1 Å². The lowest BCUT2D eigenvalue weighted by molar-refractivity contribution is 0.104. The van der Waals surface area contributed by atoms with Crippen molar-refractivity contribution < 1.29 is 13.9 Å². The van der Waals surface area contributed by atoms with Crippen LogP contribution in [0.1, 0.15) is 15.9 Å². The summed E-state index contributed by atoms with van der Waals surface area (Å²) in [5.41, 5.74) is 1.77. The molecular formula is C22H19NO4. The Hall–Kier alpha value is -3.18. The molecular weight excluding hydrogens is 342 g/mol. The number of benzene rings is 2. The van der Waals surface area contributed by atoms with Crippen molar-refractivity contribution in [3.05, 3.63) is 82.2 Å². The lowest BCUT2D eigenvalue weighted by atomic mass is 10.1. The minimum absolute atomic E-state index is 0.0359. The Morgan fingerprint density at radius 2 is 1.78 bits per heavy atom. The van der Waals surface area contributed by atoms with E-state index in [1.54, 1.807) is 12.1 Å². The van der Waals surface area contributed by atoms with Gasteiger partial charge in [-0.1, -0.05) is 36.4 Å². The molecule has 0 N–H and O–H groups in total. The summed E-state index contributed by atoms with van der Waals surface area (Å²) in [5.74, 6) is -0.369. The highest BCUT2D eigenvalue weighted by Gasteiger charge is 2.15.